The molecule has 5 nitrogen and oxygen atoms in total. The molecule has 0 radical (unpaired) electrons. The molecule has 0 saturated carbocycles. The molecule has 2 N–H and O–H groups in total. The second-order valence-electron chi connectivity index (χ2n) is 4.00. The lowest BCUT2D eigenvalue weighted by atomic mass is 10.1. The highest BCUT2D eigenvalue weighted by Crippen LogP contribution is 2.04. The van der Waals surface area contributed by atoms with Crippen molar-refractivity contribution in [2.45, 2.75) is 19.4 Å². The maximum absolute atomic E-state index is 12.0. The third kappa shape index (κ3) is 5.08. The summed E-state index contributed by atoms with van der Waals surface area (Å²) in [7, 11) is 1.58. The molecule has 0 saturated heterocycles. The molecular weight excluding hydrogens is 244 g/mol. The second kappa shape index (κ2) is 8.25. The van der Waals surface area contributed by atoms with E-state index in [1.54, 1.807) is 25.4 Å². The Morgan fingerprint density at radius 1 is 1.63 bits per heavy atom. The number of aliphatic hydroxyl groups excluding tert-OH is 1. The summed E-state index contributed by atoms with van der Waals surface area (Å²) in [5.41, 5.74) is 0.842. The van der Waals surface area contributed by atoms with Gasteiger partial charge < -0.3 is 15.2 Å². The second-order valence-corrected chi connectivity index (χ2v) is 4.00. The summed E-state index contributed by atoms with van der Waals surface area (Å²) in [6.45, 7) is 2.28. The molecular formula is C14H18N2O3. The van der Waals surface area contributed by atoms with Crippen LogP contribution in [0.1, 0.15) is 29.4 Å². The van der Waals surface area contributed by atoms with Gasteiger partial charge in [0.25, 0.3) is 5.91 Å². The van der Waals surface area contributed by atoms with Crippen LogP contribution < -0.4 is 5.32 Å². The third-order valence-corrected chi connectivity index (χ3v) is 2.28. The molecule has 0 bridgehead atoms. The fourth-order valence-electron chi connectivity index (χ4n) is 1.48. The van der Waals surface area contributed by atoms with Crippen LogP contribution in [-0.4, -0.2) is 42.4 Å². The van der Waals surface area contributed by atoms with Gasteiger partial charge in [-0.2, -0.15) is 0 Å². The molecule has 1 aromatic rings. The molecule has 1 unspecified atom stereocenters. The molecule has 1 atom stereocenters. The molecule has 0 aliphatic heterocycles. The van der Waals surface area contributed by atoms with E-state index in [9.17, 15) is 4.79 Å². The van der Waals surface area contributed by atoms with Crippen LogP contribution in [0, 0.1) is 11.8 Å². The average molecular weight is 262 g/mol. The lowest BCUT2D eigenvalue weighted by Gasteiger charge is -2.12. The van der Waals surface area contributed by atoms with Crippen molar-refractivity contribution in [2.24, 2.45) is 0 Å². The van der Waals surface area contributed by atoms with Crippen molar-refractivity contribution in [2.75, 3.05) is 20.3 Å². The Morgan fingerprint density at radius 2 is 2.42 bits per heavy atom. The molecule has 1 heterocycles. The Kier molecular flexibility index (Phi) is 6.58. The van der Waals surface area contributed by atoms with Crippen LogP contribution in [0.25, 0.3) is 0 Å². The van der Waals surface area contributed by atoms with Gasteiger partial charge in [-0.15, -0.1) is 0 Å². The van der Waals surface area contributed by atoms with Crippen molar-refractivity contribution in [1.29, 1.82) is 0 Å². The van der Waals surface area contributed by atoms with E-state index in [1.807, 2.05) is 6.92 Å². The van der Waals surface area contributed by atoms with Crippen LogP contribution in [0.15, 0.2) is 18.3 Å². The summed E-state index contributed by atoms with van der Waals surface area (Å²) >= 11 is 0. The minimum Gasteiger partial charge on any atom is -0.395 e. The summed E-state index contributed by atoms with van der Waals surface area (Å²) in [5.74, 6) is 5.34. The summed E-state index contributed by atoms with van der Waals surface area (Å²) < 4.78 is 4.96. The normalized spacial score (nSPS) is 11.3. The number of amides is 1. The first kappa shape index (κ1) is 15.2. The number of pyridine rings is 1. The molecule has 0 fully saturated rings. The topological polar surface area (TPSA) is 71.5 Å². The van der Waals surface area contributed by atoms with Gasteiger partial charge in [-0.3, -0.25) is 4.79 Å². The maximum atomic E-state index is 12.0. The number of nitrogens with one attached hydrogen (secondary N) is 1. The number of rotatable bonds is 5. The van der Waals surface area contributed by atoms with Gasteiger partial charge in [0.1, 0.15) is 5.69 Å². The summed E-state index contributed by atoms with van der Waals surface area (Å²) in [4.78, 5) is 16.1. The van der Waals surface area contributed by atoms with Crippen LogP contribution in [-0.2, 0) is 4.74 Å². The summed E-state index contributed by atoms with van der Waals surface area (Å²) in [6.07, 6.45) is 1.92. The van der Waals surface area contributed by atoms with E-state index in [0.717, 1.165) is 0 Å². The Balaban J connectivity index is 2.82. The van der Waals surface area contributed by atoms with E-state index >= 15 is 0 Å². The zero-order chi connectivity index (χ0) is 14.1. The van der Waals surface area contributed by atoms with Crippen molar-refractivity contribution in [1.82, 2.24) is 10.3 Å². The number of carbonyl (C=O) groups excluding carboxylic acids is 1. The fourth-order valence-corrected chi connectivity index (χ4v) is 1.48. The standard InChI is InChI=1S/C14H18N2O3/c1-11(10-19-2)16-14(18)13-12(6-3-4-9-17)7-5-8-15-13/h5,7-8,11,17H,4,9-10H2,1-2H3,(H,16,18). The number of ether oxygens (including phenoxy) is 1. The lowest BCUT2D eigenvalue weighted by Crippen LogP contribution is -2.36. The summed E-state index contributed by atoms with van der Waals surface area (Å²) in [5, 5.41) is 11.5. The molecule has 102 valence electrons. The molecule has 19 heavy (non-hydrogen) atoms. The van der Waals surface area contributed by atoms with Crippen molar-refractivity contribution in [3.63, 3.8) is 0 Å². The van der Waals surface area contributed by atoms with Gasteiger partial charge in [-0.05, 0) is 19.1 Å². The predicted octanol–water partition coefficient (Wildman–Crippen LogP) is 0.580. The smallest absolute Gasteiger partial charge is 0.271 e. The first-order valence-corrected chi connectivity index (χ1v) is 6.03. The van der Waals surface area contributed by atoms with Crippen LogP contribution >= 0.6 is 0 Å². The number of carbonyl (C=O) groups is 1. The number of nitrogens with zero attached hydrogens (tertiary/aromatic N) is 1. The largest absolute Gasteiger partial charge is 0.395 e. The molecule has 0 aliphatic rings. The highest BCUT2D eigenvalue weighted by molar-refractivity contribution is 5.94. The molecule has 1 rings (SSSR count). The minimum absolute atomic E-state index is 0.000333. The van der Waals surface area contributed by atoms with E-state index in [2.05, 4.69) is 22.1 Å². The average Bonchev–Trinajstić information content (AvgIpc) is 2.39. The molecule has 1 aromatic heterocycles. The van der Waals surface area contributed by atoms with E-state index in [4.69, 9.17) is 9.84 Å². The van der Waals surface area contributed by atoms with Crippen molar-refractivity contribution < 1.29 is 14.6 Å². The number of hydrogen-bond acceptors (Lipinski definition) is 4. The number of aromatic nitrogens is 1. The molecule has 0 aliphatic carbocycles. The predicted molar refractivity (Wildman–Crippen MR) is 71.6 cm³/mol. The van der Waals surface area contributed by atoms with Gasteiger partial charge in [0.05, 0.1) is 18.8 Å². The number of aliphatic hydroxyl groups is 1. The highest BCUT2D eigenvalue weighted by Gasteiger charge is 2.13. The van der Waals surface area contributed by atoms with Gasteiger partial charge in [-0.1, -0.05) is 11.8 Å². The van der Waals surface area contributed by atoms with Crippen LogP contribution in [0.4, 0.5) is 0 Å². The molecule has 0 aromatic carbocycles. The number of hydrogen-bond donors (Lipinski definition) is 2. The van der Waals surface area contributed by atoms with Gasteiger partial charge in [-0.25, -0.2) is 4.98 Å². The van der Waals surface area contributed by atoms with E-state index < -0.39 is 0 Å². The first-order chi connectivity index (χ1) is 9.19. The van der Waals surface area contributed by atoms with E-state index in [1.165, 1.54) is 0 Å². The van der Waals surface area contributed by atoms with Crippen molar-refractivity contribution in [3.8, 4) is 11.8 Å². The Morgan fingerprint density at radius 3 is 3.11 bits per heavy atom. The molecule has 5 heteroatoms. The van der Waals surface area contributed by atoms with Gasteiger partial charge in [0.15, 0.2) is 0 Å². The van der Waals surface area contributed by atoms with Gasteiger partial charge in [0.2, 0.25) is 0 Å². The highest BCUT2D eigenvalue weighted by atomic mass is 16.5. The van der Waals surface area contributed by atoms with Crippen LogP contribution in [0.5, 0.6) is 0 Å². The monoisotopic (exact) mass is 262 g/mol. The Labute approximate surface area is 113 Å². The number of methoxy groups -OCH3 is 1. The zero-order valence-electron chi connectivity index (χ0n) is 11.1. The Bertz CT molecular complexity index is 477. The molecule has 0 spiro atoms. The minimum atomic E-state index is -0.279. The summed E-state index contributed by atoms with van der Waals surface area (Å²) in [6, 6.07) is 3.35. The lowest BCUT2D eigenvalue weighted by molar-refractivity contribution is 0.0900. The van der Waals surface area contributed by atoms with E-state index in [0.29, 0.717) is 18.6 Å². The maximum Gasteiger partial charge on any atom is 0.271 e. The van der Waals surface area contributed by atoms with Gasteiger partial charge in [0, 0.05) is 25.8 Å². The van der Waals surface area contributed by atoms with Crippen molar-refractivity contribution in [3.05, 3.63) is 29.6 Å². The van der Waals surface area contributed by atoms with Crippen molar-refractivity contribution >= 4 is 5.91 Å². The Hall–Kier alpha value is -1.90. The zero-order valence-corrected chi connectivity index (χ0v) is 11.1. The van der Waals surface area contributed by atoms with Crippen LogP contribution in [0.3, 0.4) is 0 Å². The third-order valence-electron chi connectivity index (χ3n) is 2.28. The first-order valence-electron chi connectivity index (χ1n) is 6.03. The molecule has 1 amide bonds. The van der Waals surface area contributed by atoms with Gasteiger partial charge >= 0.3 is 0 Å². The quantitative estimate of drug-likeness (QED) is 0.761. The van der Waals surface area contributed by atoms with E-state index in [-0.39, 0.29) is 24.2 Å². The van der Waals surface area contributed by atoms with Crippen LogP contribution in [0.2, 0.25) is 0 Å². The SMILES string of the molecule is COCC(C)NC(=O)c1ncccc1C#CCCO. The fraction of sp³-hybridized carbons (Fsp3) is 0.429.